The van der Waals surface area contributed by atoms with E-state index in [-0.39, 0.29) is 5.91 Å². The number of H-pyrrole nitrogens is 1. The molecule has 1 amide bonds. The van der Waals surface area contributed by atoms with E-state index in [0.717, 1.165) is 54.4 Å². The van der Waals surface area contributed by atoms with Crippen LogP contribution in [0.5, 0.6) is 0 Å². The second kappa shape index (κ2) is 10.3. The lowest BCUT2D eigenvalue weighted by molar-refractivity contribution is 0.102. The van der Waals surface area contributed by atoms with Crippen LogP contribution in [-0.4, -0.2) is 26.1 Å². The van der Waals surface area contributed by atoms with E-state index in [1.165, 1.54) is 11.8 Å². The second-order valence-electron chi connectivity index (χ2n) is 8.82. The van der Waals surface area contributed by atoms with Gasteiger partial charge in [-0.05, 0) is 85.8 Å². The number of aromatic amines is 1. The maximum atomic E-state index is 13.2. The zero-order valence-corrected chi connectivity index (χ0v) is 21.4. The number of nitrogens with zero attached hydrogens (tertiary/aromatic N) is 3. The number of hydrogen-bond acceptors (Lipinski definition) is 5. The summed E-state index contributed by atoms with van der Waals surface area (Å²) in [5, 5.41) is 12.6. The quantitative estimate of drug-likeness (QED) is 0.243. The standard InChI is InChI=1S/C31H23N5OS/c1-20-9-10-21-18-23(12-15-27(21)33-20)34-31(37)26-7-2-3-8-30(26)38-24-13-14-25-28(35-36-29(25)19-24)16-11-22-6-4-5-17-32-22/h2-19H,1H3,(H,34,37)(H,35,36). The van der Waals surface area contributed by atoms with Crippen LogP contribution >= 0.6 is 11.8 Å². The first-order valence-electron chi connectivity index (χ1n) is 12.2. The number of pyridine rings is 2. The Morgan fingerprint density at radius 1 is 0.895 bits per heavy atom. The molecule has 0 aliphatic heterocycles. The number of amides is 1. The molecule has 0 spiro atoms. The van der Waals surface area contributed by atoms with E-state index in [4.69, 9.17) is 0 Å². The molecule has 3 aromatic carbocycles. The number of benzene rings is 3. The minimum atomic E-state index is -0.157. The monoisotopic (exact) mass is 513 g/mol. The molecule has 6 nitrogen and oxygen atoms in total. The van der Waals surface area contributed by atoms with Crippen LogP contribution in [0.15, 0.2) is 107 Å². The van der Waals surface area contributed by atoms with Crippen molar-refractivity contribution in [3.05, 3.63) is 120 Å². The fourth-order valence-corrected chi connectivity index (χ4v) is 5.20. The van der Waals surface area contributed by atoms with Gasteiger partial charge in [0.2, 0.25) is 0 Å². The molecule has 0 saturated heterocycles. The number of aryl methyl sites for hydroxylation is 1. The molecule has 0 bridgehead atoms. The van der Waals surface area contributed by atoms with E-state index >= 15 is 0 Å². The van der Waals surface area contributed by atoms with Crippen molar-refractivity contribution in [3.8, 4) is 0 Å². The normalized spacial score (nSPS) is 11.4. The predicted molar refractivity (Wildman–Crippen MR) is 154 cm³/mol. The van der Waals surface area contributed by atoms with Gasteiger partial charge in [-0.2, -0.15) is 5.10 Å². The number of carbonyl (C=O) groups is 1. The third-order valence-electron chi connectivity index (χ3n) is 6.11. The molecule has 3 aromatic heterocycles. The number of aromatic nitrogens is 4. The third-order valence-corrected chi connectivity index (χ3v) is 7.18. The van der Waals surface area contributed by atoms with Crippen molar-refractivity contribution in [1.82, 2.24) is 20.2 Å². The lowest BCUT2D eigenvalue weighted by Gasteiger charge is -2.11. The van der Waals surface area contributed by atoms with E-state index in [1.54, 1.807) is 6.20 Å². The Morgan fingerprint density at radius 3 is 2.68 bits per heavy atom. The molecular formula is C31H23N5OS. The van der Waals surface area contributed by atoms with E-state index in [2.05, 4.69) is 25.5 Å². The summed E-state index contributed by atoms with van der Waals surface area (Å²) >= 11 is 1.54. The topological polar surface area (TPSA) is 83.6 Å². The number of hydrogen-bond donors (Lipinski definition) is 2. The van der Waals surface area contributed by atoms with Crippen molar-refractivity contribution in [2.24, 2.45) is 0 Å². The van der Waals surface area contributed by atoms with Gasteiger partial charge in [0.25, 0.3) is 5.91 Å². The summed E-state index contributed by atoms with van der Waals surface area (Å²) in [4.78, 5) is 24.0. The molecule has 0 fully saturated rings. The van der Waals surface area contributed by atoms with Gasteiger partial charge in [-0.1, -0.05) is 36.0 Å². The lowest BCUT2D eigenvalue weighted by atomic mass is 10.1. The molecule has 0 unspecified atom stereocenters. The largest absolute Gasteiger partial charge is 0.322 e. The van der Waals surface area contributed by atoms with Crippen LogP contribution in [0.1, 0.15) is 27.4 Å². The first kappa shape index (κ1) is 23.6. The smallest absolute Gasteiger partial charge is 0.256 e. The van der Waals surface area contributed by atoms with E-state index in [9.17, 15) is 4.79 Å². The van der Waals surface area contributed by atoms with Crippen LogP contribution in [0.3, 0.4) is 0 Å². The molecule has 6 rings (SSSR count). The van der Waals surface area contributed by atoms with Crippen molar-refractivity contribution in [2.45, 2.75) is 16.7 Å². The van der Waals surface area contributed by atoms with Crippen LogP contribution in [-0.2, 0) is 0 Å². The zero-order chi connectivity index (χ0) is 25.9. The molecular weight excluding hydrogens is 490 g/mol. The Kier molecular flexibility index (Phi) is 6.42. The first-order chi connectivity index (χ1) is 18.6. The fourth-order valence-electron chi connectivity index (χ4n) is 4.22. The molecule has 0 atom stereocenters. The Morgan fingerprint density at radius 2 is 1.79 bits per heavy atom. The number of fused-ring (bicyclic) bond motifs is 2. The van der Waals surface area contributed by atoms with Crippen LogP contribution in [0.2, 0.25) is 0 Å². The summed E-state index contributed by atoms with van der Waals surface area (Å²) in [5.74, 6) is -0.157. The molecule has 0 saturated carbocycles. The average molecular weight is 514 g/mol. The van der Waals surface area contributed by atoms with Crippen LogP contribution < -0.4 is 5.32 Å². The predicted octanol–water partition coefficient (Wildman–Crippen LogP) is 7.39. The zero-order valence-electron chi connectivity index (χ0n) is 20.6. The third kappa shape index (κ3) is 5.05. The van der Waals surface area contributed by atoms with Gasteiger partial charge in [0.15, 0.2) is 0 Å². The van der Waals surface area contributed by atoms with Crippen LogP contribution in [0.25, 0.3) is 34.0 Å². The van der Waals surface area contributed by atoms with Gasteiger partial charge in [0, 0.05) is 38.1 Å². The molecule has 38 heavy (non-hydrogen) atoms. The second-order valence-corrected chi connectivity index (χ2v) is 9.93. The van der Waals surface area contributed by atoms with Gasteiger partial charge in [-0.3, -0.25) is 19.9 Å². The van der Waals surface area contributed by atoms with Gasteiger partial charge in [0.05, 0.1) is 28.0 Å². The average Bonchev–Trinajstić information content (AvgIpc) is 3.35. The SMILES string of the molecule is Cc1ccc2cc(NC(=O)c3ccccc3Sc3ccc4c(C=Cc5ccccn5)[nH]nc4c3)ccc2n1. The molecule has 0 radical (unpaired) electrons. The maximum Gasteiger partial charge on any atom is 0.256 e. The van der Waals surface area contributed by atoms with Crippen molar-refractivity contribution < 1.29 is 4.79 Å². The fraction of sp³-hybridized carbons (Fsp3) is 0.0323. The molecule has 2 N–H and O–H groups in total. The summed E-state index contributed by atoms with van der Waals surface area (Å²) in [5.41, 5.74) is 5.87. The highest BCUT2D eigenvalue weighted by atomic mass is 32.2. The van der Waals surface area contributed by atoms with Gasteiger partial charge in [-0.25, -0.2) is 0 Å². The lowest BCUT2D eigenvalue weighted by Crippen LogP contribution is -2.12. The van der Waals surface area contributed by atoms with Crippen molar-refractivity contribution in [1.29, 1.82) is 0 Å². The van der Waals surface area contributed by atoms with Gasteiger partial charge in [-0.15, -0.1) is 0 Å². The minimum Gasteiger partial charge on any atom is -0.322 e. The van der Waals surface area contributed by atoms with E-state index in [1.807, 2.05) is 110 Å². The van der Waals surface area contributed by atoms with Crippen LogP contribution in [0.4, 0.5) is 5.69 Å². The molecule has 0 aliphatic carbocycles. The first-order valence-corrected chi connectivity index (χ1v) is 13.0. The van der Waals surface area contributed by atoms with Crippen LogP contribution in [0, 0.1) is 6.92 Å². The highest BCUT2D eigenvalue weighted by Gasteiger charge is 2.14. The van der Waals surface area contributed by atoms with Crippen molar-refractivity contribution in [3.63, 3.8) is 0 Å². The minimum absolute atomic E-state index is 0.157. The molecule has 184 valence electrons. The van der Waals surface area contributed by atoms with Gasteiger partial charge >= 0.3 is 0 Å². The Balaban J connectivity index is 1.22. The Hall–Kier alpha value is -4.75. The highest BCUT2D eigenvalue weighted by molar-refractivity contribution is 7.99. The summed E-state index contributed by atoms with van der Waals surface area (Å²) in [7, 11) is 0. The number of carbonyl (C=O) groups excluding carboxylic acids is 1. The van der Waals surface area contributed by atoms with Gasteiger partial charge < -0.3 is 5.32 Å². The van der Waals surface area contributed by atoms with E-state index in [0.29, 0.717) is 5.56 Å². The Bertz CT molecular complexity index is 1810. The Labute approximate surface area is 223 Å². The number of rotatable bonds is 6. The number of anilines is 1. The van der Waals surface area contributed by atoms with Crippen molar-refractivity contribution in [2.75, 3.05) is 5.32 Å². The van der Waals surface area contributed by atoms with E-state index < -0.39 is 0 Å². The highest BCUT2D eigenvalue weighted by Crippen LogP contribution is 2.33. The summed E-state index contributed by atoms with van der Waals surface area (Å²) < 4.78 is 0. The molecule has 6 aromatic rings. The molecule has 7 heteroatoms. The molecule has 0 aliphatic rings. The summed E-state index contributed by atoms with van der Waals surface area (Å²) in [6.45, 7) is 1.97. The summed E-state index contributed by atoms with van der Waals surface area (Å²) in [6, 6.07) is 29.3. The van der Waals surface area contributed by atoms with Gasteiger partial charge in [0.1, 0.15) is 0 Å². The van der Waals surface area contributed by atoms with Crippen molar-refractivity contribution >= 4 is 57.3 Å². The number of nitrogens with one attached hydrogen (secondary N) is 2. The molecule has 3 heterocycles. The maximum absolute atomic E-state index is 13.2. The summed E-state index contributed by atoms with van der Waals surface area (Å²) in [6.07, 6.45) is 5.71.